The molecule has 3 unspecified atom stereocenters. The summed E-state index contributed by atoms with van der Waals surface area (Å²) in [6.45, 7) is 5.47. The van der Waals surface area contributed by atoms with Gasteiger partial charge < -0.3 is 19.5 Å². The van der Waals surface area contributed by atoms with Crippen molar-refractivity contribution in [1.82, 2.24) is 5.32 Å². The van der Waals surface area contributed by atoms with Crippen LogP contribution in [0, 0.1) is 5.92 Å². The van der Waals surface area contributed by atoms with E-state index in [0.717, 1.165) is 31.9 Å². The number of methoxy groups -OCH3 is 1. The van der Waals surface area contributed by atoms with Crippen molar-refractivity contribution >= 4 is 0 Å². The van der Waals surface area contributed by atoms with Gasteiger partial charge in [0.05, 0.1) is 25.4 Å². The second-order valence-electron chi connectivity index (χ2n) is 6.12. The number of hydrogen-bond acceptors (Lipinski definition) is 4. The molecule has 2 rings (SSSR count). The molecule has 0 radical (unpaired) electrons. The Balaban J connectivity index is 1.63. The Kier molecular flexibility index (Phi) is 7.28. The Labute approximate surface area is 123 Å². The molecule has 0 aliphatic heterocycles. The molecule has 4 nitrogen and oxygen atoms in total. The first-order valence-corrected chi connectivity index (χ1v) is 8.30. The lowest BCUT2D eigenvalue weighted by Gasteiger charge is -2.44. The number of ether oxygens (including phenoxy) is 3. The van der Waals surface area contributed by atoms with Crippen LogP contribution in [0.5, 0.6) is 0 Å². The Morgan fingerprint density at radius 1 is 1.10 bits per heavy atom. The van der Waals surface area contributed by atoms with Crippen molar-refractivity contribution < 1.29 is 14.2 Å². The number of rotatable bonds is 11. The van der Waals surface area contributed by atoms with Crippen LogP contribution in [0.15, 0.2) is 0 Å². The molecule has 2 aliphatic carbocycles. The molecule has 0 amide bonds. The van der Waals surface area contributed by atoms with Gasteiger partial charge in [-0.1, -0.05) is 26.2 Å². The van der Waals surface area contributed by atoms with E-state index >= 15 is 0 Å². The average Bonchev–Trinajstić information content (AvgIpc) is 2.39. The maximum absolute atomic E-state index is 6.03. The molecule has 0 aromatic carbocycles. The highest BCUT2D eigenvalue weighted by Gasteiger charge is 2.42. The van der Waals surface area contributed by atoms with Gasteiger partial charge in [-0.3, -0.25) is 0 Å². The fourth-order valence-electron chi connectivity index (χ4n) is 2.93. The third kappa shape index (κ3) is 4.69. The van der Waals surface area contributed by atoms with Crippen molar-refractivity contribution in [1.29, 1.82) is 0 Å². The molecule has 20 heavy (non-hydrogen) atoms. The Morgan fingerprint density at radius 3 is 2.60 bits per heavy atom. The van der Waals surface area contributed by atoms with Gasteiger partial charge in [0, 0.05) is 19.8 Å². The van der Waals surface area contributed by atoms with E-state index in [1.807, 2.05) is 0 Å². The van der Waals surface area contributed by atoms with Crippen molar-refractivity contribution in [3.05, 3.63) is 0 Å². The summed E-state index contributed by atoms with van der Waals surface area (Å²) in [7, 11) is 1.71. The SMILES string of the molecule is CCCNC1CC(OCCC2CCC2)C1OCCOC. The van der Waals surface area contributed by atoms with Crippen LogP contribution in [0.3, 0.4) is 0 Å². The van der Waals surface area contributed by atoms with E-state index in [2.05, 4.69) is 12.2 Å². The summed E-state index contributed by atoms with van der Waals surface area (Å²) in [6, 6.07) is 0.459. The normalized spacial score (nSPS) is 30.0. The van der Waals surface area contributed by atoms with E-state index < -0.39 is 0 Å². The van der Waals surface area contributed by atoms with Crippen LogP contribution in [-0.4, -0.2) is 51.7 Å². The summed E-state index contributed by atoms with van der Waals surface area (Å²) < 4.78 is 17.0. The number of hydrogen-bond donors (Lipinski definition) is 1. The van der Waals surface area contributed by atoms with Crippen LogP contribution in [0.1, 0.15) is 45.4 Å². The zero-order valence-corrected chi connectivity index (χ0v) is 13.1. The highest BCUT2D eigenvalue weighted by Crippen LogP contribution is 2.31. The van der Waals surface area contributed by atoms with E-state index in [1.54, 1.807) is 7.11 Å². The van der Waals surface area contributed by atoms with E-state index in [4.69, 9.17) is 14.2 Å². The quantitative estimate of drug-likeness (QED) is 0.592. The first-order valence-electron chi connectivity index (χ1n) is 8.30. The Hall–Kier alpha value is -0.160. The lowest BCUT2D eigenvalue weighted by molar-refractivity contribution is -0.153. The lowest BCUT2D eigenvalue weighted by Crippen LogP contribution is -2.60. The highest BCUT2D eigenvalue weighted by molar-refractivity contribution is 4.97. The highest BCUT2D eigenvalue weighted by atomic mass is 16.6. The molecule has 0 aromatic heterocycles. The van der Waals surface area contributed by atoms with Gasteiger partial charge in [-0.15, -0.1) is 0 Å². The van der Waals surface area contributed by atoms with Crippen molar-refractivity contribution in [2.24, 2.45) is 5.92 Å². The topological polar surface area (TPSA) is 39.7 Å². The average molecular weight is 285 g/mol. The molecule has 0 aromatic rings. The maximum atomic E-state index is 6.03. The Morgan fingerprint density at radius 2 is 1.95 bits per heavy atom. The van der Waals surface area contributed by atoms with Gasteiger partial charge in [0.25, 0.3) is 0 Å². The van der Waals surface area contributed by atoms with Crippen molar-refractivity contribution in [3.63, 3.8) is 0 Å². The van der Waals surface area contributed by atoms with Crippen LogP contribution >= 0.6 is 0 Å². The molecule has 0 heterocycles. The zero-order chi connectivity index (χ0) is 14.2. The molecule has 0 spiro atoms. The maximum Gasteiger partial charge on any atom is 0.0991 e. The standard InChI is InChI=1S/C16H31NO3/c1-3-8-17-14-12-15(16(14)20-11-10-18-2)19-9-7-13-5-4-6-13/h13-17H,3-12H2,1-2H3. The summed E-state index contributed by atoms with van der Waals surface area (Å²) in [5.41, 5.74) is 0. The summed E-state index contributed by atoms with van der Waals surface area (Å²) in [4.78, 5) is 0. The smallest absolute Gasteiger partial charge is 0.0991 e. The minimum atomic E-state index is 0.207. The molecule has 0 bridgehead atoms. The number of nitrogens with one attached hydrogen (secondary N) is 1. The third-order valence-corrected chi connectivity index (χ3v) is 4.59. The summed E-state index contributed by atoms with van der Waals surface area (Å²) in [5, 5.41) is 3.55. The molecular weight excluding hydrogens is 254 g/mol. The minimum Gasteiger partial charge on any atom is -0.382 e. The van der Waals surface area contributed by atoms with Gasteiger partial charge >= 0.3 is 0 Å². The molecule has 2 fully saturated rings. The van der Waals surface area contributed by atoms with Gasteiger partial charge in [-0.05, 0) is 31.7 Å². The predicted octanol–water partition coefficient (Wildman–Crippen LogP) is 2.37. The first kappa shape index (κ1) is 16.2. The van der Waals surface area contributed by atoms with Gasteiger partial charge in [-0.25, -0.2) is 0 Å². The van der Waals surface area contributed by atoms with Crippen molar-refractivity contribution in [2.75, 3.05) is 33.5 Å². The monoisotopic (exact) mass is 285 g/mol. The van der Waals surface area contributed by atoms with Crippen LogP contribution in [-0.2, 0) is 14.2 Å². The molecule has 1 N–H and O–H groups in total. The fourth-order valence-corrected chi connectivity index (χ4v) is 2.93. The summed E-state index contributed by atoms with van der Waals surface area (Å²) >= 11 is 0. The molecule has 3 atom stereocenters. The molecule has 2 aliphatic rings. The third-order valence-electron chi connectivity index (χ3n) is 4.59. The zero-order valence-electron chi connectivity index (χ0n) is 13.1. The first-order chi connectivity index (χ1) is 9.85. The van der Waals surface area contributed by atoms with Gasteiger partial charge in [-0.2, -0.15) is 0 Å². The molecule has 4 heteroatoms. The molecular formula is C16H31NO3. The lowest BCUT2D eigenvalue weighted by atomic mass is 9.83. The van der Waals surface area contributed by atoms with Gasteiger partial charge in [0.15, 0.2) is 0 Å². The molecule has 0 saturated heterocycles. The van der Waals surface area contributed by atoms with E-state index in [-0.39, 0.29) is 12.2 Å². The Bertz CT molecular complexity index is 258. The van der Waals surface area contributed by atoms with E-state index in [0.29, 0.717) is 19.3 Å². The van der Waals surface area contributed by atoms with Crippen LogP contribution in [0.25, 0.3) is 0 Å². The van der Waals surface area contributed by atoms with E-state index in [9.17, 15) is 0 Å². The van der Waals surface area contributed by atoms with Crippen molar-refractivity contribution in [2.45, 2.75) is 63.7 Å². The van der Waals surface area contributed by atoms with Gasteiger partial charge in [0.2, 0.25) is 0 Å². The van der Waals surface area contributed by atoms with Gasteiger partial charge in [0.1, 0.15) is 0 Å². The minimum absolute atomic E-state index is 0.207. The fraction of sp³-hybridized carbons (Fsp3) is 1.00. The largest absolute Gasteiger partial charge is 0.382 e. The van der Waals surface area contributed by atoms with E-state index in [1.165, 1.54) is 25.7 Å². The molecule has 2 saturated carbocycles. The van der Waals surface area contributed by atoms with Crippen molar-refractivity contribution in [3.8, 4) is 0 Å². The second-order valence-corrected chi connectivity index (χ2v) is 6.12. The van der Waals surface area contributed by atoms with Crippen LogP contribution < -0.4 is 5.32 Å². The molecule has 118 valence electrons. The van der Waals surface area contributed by atoms with Crippen LogP contribution in [0.2, 0.25) is 0 Å². The summed E-state index contributed by atoms with van der Waals surface area (Å²) in [6.07, 6.45) is 8.19. The summed E-state index contributed by atoms with van der Waals surface area (Å²) in [5.74, 6) is 0.928. The second kappa shape index (κ2) is 8.98. The predicted molar refractivity (Wildman–Crippen MR) is 80.0 cm³/mol. The van der Waals surface area contributed by atoms with Crippen LogP contribution in [0.4, 0.5) is 0 Å².